The molecule has 23 heavy (non-hydrogen) atoms. The first-order chi connectivity index (χ1) is 11.0. The van der Waals surface area contributed by atoms with Crippen LogP contribution in [0.15, 0.2) is 10.4 Å². The second kappa shape index (κ2) is 6.73. The summed E-state index contributed by atoms with van der Waals surface area (Å²) in [5, 5.41) is 0.785. The van der Waals surface area contributed by atoms with Crippen molar-refractivity contribution >= 4 is 26.5 Å². The molecule has 7 nitrogen and oxygen atoms in total. The van der Waals surface area contributed by atoms with Gasteiger partial charge in [-0.3, -0.25) is 0 Å². The minimum atomic E-state index is -3.47. The Morgan fingerprint density at radius 2 is 1.87 bits per heavy atom. The molecule has 0 spiro atoms. The van der Waals surface area contributed by atoms with E-state index in [4.69, 9.17) is 6.57 Å². The Labute approximate surface area is 141 Å². The molecule has 0 aliphatic carbocycles. The van der Waals surface area contributed by atoms with Gasteiger partial charge in [0.1, 0.15) is 0 Å². The van der Waals surface area contributed by atoms with Crippen LogP contribution in [0.25, 0.3) is 4.85 Å². The van der Waals surface area contributed by atoms with Crippen LogP contribution in [-0.4, -0.2) is 75.0 Å². The average Bonchev–Trinajstić information content (AvgIpc) is 3.06. The fraction of sp³-hybridized carbons (Fsp3) is 0.714. The van der Waals surface area contributed by atoms with E-state index in [1.165, 1.54) is 21.8 Å². The van der Waals surface area contributed by atoms with Crippen molar-refractivity contribution in [1.82, 2.24) is 14.2 Å². The summed E-state index contributed by atoms with van der Waals surface area (Å²) in [6, 6.07) is -0.0381. The van der Waals surface area contributed by atoms with Crippen molar-refractivity contribution < 1.29 is 8.42 Å². The smallest absolute Gasteiger partial charge is 0.254 e. The number of thiazole rings is 1. The lowest BCUT2D eigenvalue weighted by Crippen LogP contribution is -2.44. The molecule has 0 unspecified atom stereocenters. The van der Waals surface area contributed by atoms with E-state index in [9.17, 15) is 8.42 Å². The predicted molar refractivity (Wildman–Crippen MR) is 90.2 cm³/mol. The van der Waals surface area contributed by atoms with Crippen molar-refractivity contribution in [3.05, 3.63) is 17.6 Å². The Hall–Kier alpha value is -1.21. The first kappa shape index (κ1) is 16.6. The molecule has 0 saturated carbocycles. The molecule has 2 saturated heterocycles. The lowest BCUT2D eigenvalue weighted by molar-refractivity contribution is 0.313. The summed E-state index contributed by atoms with van der Waals surface area (Å²) in [7, 11) is -1.39. The van der Waals surface area contributed by atoms with Gasteiger partial charge in [0, 0.05) is 52.1 Å². The Bertz CT molecular complexity index is 680. The number of piperazine rings is 1. The number of likely N-dealkylation sites (N-methyl/N-ethyl adjacent to an activating group) is 1. The molecule has 3 heterocycles. The van der Waals surface area contributed by atoms with Gasteiger partial charge in [0.25, 0.3) is 10.0 Å². The maximum Gasteiger partial charge on any atom is 0.254 e. The molecule has 0 bridgehead atoms. The number of nitrogens with zero attached hydrogens (tertiary/aromatic N) is 5. The maximum absolute atomic E-state index is 12.7. The molecule has 126 valence electrons. The minimum Gasteiger partial charge on any atom is -0.345 e. The molecule has 2 fully saturated rings. The Morgan fingerprint density at radius 1 is 1.22 bits per heavy atom. The van der Waals surface area contributed by atoms with Crippen LogP contribution < -0.4 is 4.90 Å². The summed E-state index contributed by atoms with van der Waals surface area (Å²) in [6.07, 6.45) is 2.72. The summed E-state index contributed by atoms with van der Waals surface area (Å²) >= 11 is 1.25. The predicted octanol–water partition coefficient (Wildman–Crippen LogP) is 0.967. The van der Waals surface area contributed by atoms with Crippen LogP contribution >= 0.6 is 11.3 Å². The zero-order chi connectivity index (χ0) is 16.4. The zero-order valence-corrected chi connectivity index (χ0v) is 14.8. The average molecular weight is 355 g/mol. The van der Waals surface area contributed by atoms with E-state index in [1.54, 1.807) is 0 Å². The summed E-state index contributed by atoms with van der Waals surface area (Å²) in [4.78, 5) is 12.2. The molecule has 1 aromatic heterocycles. The van der Waals surface area contributed by atoms with Crippen molar-refractivity contribution in [1.29, 1.82) is 0 Å². The van der Waals surface area contributed by atoms with Gasteiger partial charge in [-0.15, -0.1) is 0 Å². The van der Waals surface area contributed by atoms with Gasteiger partial charge in [0.15, 0.2) is 9.34 Å². The molecule has 2 aliphatic rings. The zero-order valence-electron chi connectivity index (χ0n) is 13.2. The molecule has 9 heteroatoms. The molecule has 0 atom stereocenters. The van der Waals surface area contributed by atoms with Gasteiger partial charge in [-0.05, 0) is 7.05 Å². The largest absolute Gasteiger partial charge is 0.345 e. The van der Waals surface area contributed by atoms with Gasteiger partial charge in [0.05, 0.1) is 6.20 Å². The van der Waals surface area contributed by atoms with Crippen LogP contribution in [0, 0.1) is 6.57 Å². The van der Waals surface area contributed by atoms with Crippen LogP contribution in [0.2, 0.25) is 0 Å². The van der Waals surface area contributed by atoms with Crippen molar-refractivity contribution in [2.75, 3.05) is 51.2 Å². The van der Waals surface area contributed by atoms with E-state index in [0.29, 0.717) is 30.1 Å². The number of hydrogen-bond acceptors (Lipinski definition) is 6. The van der Waals surface area contributed by atoms with E-state index in [-0.39, 0.29) is 6.04 Å². The third-order valence-electron chi connectivity index (χ3n) is 4.45. The summed E-state index contributed by atoms with van der Waals surface area (Å²) < 4.78 is 27.3. The van der Waals surface area contributed by atoms with Gasteiger partial charge < -0.3 is 14.6 Å². The molecular formula is C14H21N5O2S2. The van der Waals surface area contributed by atoms with Gasteiger partial charge in [-0.2, -0.15) is 4.31 Å². The normalized spacial score (nSPS) is 22.2. The summed E-state index contributed by atoms with van der Waals surface area (Å²) in [5.74, 6) is 0. The highest BCUT2D eigenvalue weighted by Crippen LogP contribution is 2.30. The third kappa shape index (κ3) is 3.50. The molecule has 1 aromatic rings. The van der Waals surface area contributed by atoms with E-state index >= 15 is 0 Å². The molecule has 2 aliphatic heterocycles. The molecule has 0 N–H and O–H groups in total. The fourth-order valence-electron chi connectivity index (χ4n) is 2.85. The molecule has 0 aromatic carbocycles. The monoisotopic (exact) mass is 355 g/mol. The Kier molecular flexibility index (Phi) is 4.87. The van der Waals surface area contributed by atoms with Crippen LogP contribution in [-0.2, 0) is 10.0 Å². The summed E-state index contributed by atoms with van der Waals surface area (Å²) in [5.41, 5.74) is 0. The van der Waals surface area contributed by atoms with Crippen molar-refractivity contribution in [3.63, 3.8) is 0 Å². The van der Waals surface area contributed by atoms with Crippen LogP contribution in [0.1, 0.15) is 12.8 Å². The number of sulfonamides is 1. The fourth-order valence-corrected chi connectivity index (χ4v) is 5.65. The highest BCUT2D eigenvalue weighted by atomic mass is 32.2. The van der Waals surface area contributed by atoms with Crippen molar-refractivity contribution in [2.45, 2.75) is 23.1 Å². The van der Waals surface area contributed by atoms with E-state index < -0.39 is 10.0 Å². The van der Waals surface area contributed by atoms with Crippen LogP contribution in [0.3, 0.4) is 0 Å². The highest BCUT2D eigenvalue weighted by Gasteiger charge is 2.33. The Morgan fingerprint density at radius 3 is 2.48 bits per heavy atom. The minimum absolute atomic E-state index is 0.0381. The number of rotatable bonds is 3. The third-order valence-corrected chi connectivity index (χ3v) is 7.84. The maximum atomic E-state index is 12.7. The molecule has 3 rings (SSSR count). The van der Waals surface area contributed by atoms with Crippen LogP contribution in [0.4, 0.5) is 5.13 Å². The standard InChI is InChI=1S/C14H21N5O2S2/c1-15-12-3-5-19(6-4-12)23(20,21)13-11-16-14(22-13)18-9-7-17(2)8-10-18/h11-12H,3-10H2,2H3. The van der Waals surface area contributed by atoms with E-state index in [0.717, 1.165) is 31.3 Å². The number of piperidine rings is 1. The van der Waals surface area contributed by atoms with E-state index in [2.05, 4.69) is 26.7 Å². The first-order valence-electron chi connectivity index (χ1n) is 7.77. The Balaban J connectivity index is 1.71. The van der Waals surface area contributed by atoms with Gasteiger partial charge >= 0.3 is 0 Å². The lowest BCUT2D eigenvalue weighted by Gasteiger charge is -2.32. The SMILES string of the molecule is [C-]#[N+]C1CCN(S(=O)(=O)c2cnc(N3CCN(C)CC3)s2)CC1. The highest BCUT2D eigenvalue weighted by molar-refractivity contribution is 7.91. The summed E-state index contributed by atoms with van der Waals surface area (Å²) in [6.45, 7) is 11.6. The number of aromatic nitrogens is 1. The molecule has 0 amide bonds. The molecule has 0 radical (unpaired) electrons. The quantitative estimate of drug-likeness (QED) is 0.756. The van der Waals surface area contributed by atoms with Crippen molar-refractivity contribution in [2.24, 2.45) is 0 Å². The van der Waals surface area contributed by atoms with Crippen molar-refractivity contribution in [3.8, 4) is 0 Å². The number of hydrogen-bond donors (Lipinski definition) is 0. The van der Waals surface area contributed by atoms with E-state index in [1.807, 2.05) is 0 Å². The van der Waals surface area contributed by atoms with Gasteiger partial charge in [-0.1, -0.05) is 11.3 Å². The topological polar surface area (TPSA) is 61.1 Å². The van der Waals surface area contributed by atoms with Gasteiger partial charge in [-0.25, -0.2) is 20.0 Å². The molecular weight excluding hydrogens is 334 g/mol. The lowest BCUT2D eigenvalue weighted by atomic mass is 10.1. The second-order valence-electron chi connectivity index (χ2n) is 6.02. The second-order valence-corrected chi connectivity index (χ2v) is 9.19. The first-order valence-corrected chi connectivity index (χ1v) is 10.0. The van der Waals surface area contributed by atoms with Crippen LogP contribution in [0.5, 0.6) is 0 Å². The number of anilines is 1. The van der Waals surface area contributed by atoms with Gasteiger partial charge in [0.2, 0.25) is 6.04 Å².